The zero-order valence-electron chi connectivity index (χ0n) is 8.37. The van der Waals surface area contributed by atoms with Crippen molar-refractivity contribution in [3.8, 4) is 0 Å². The summed E-state index contributed by atoms with van der Waals surface area (Å²) in [6, 6.07) is 1.08. The number of nitrogens with one attached hydrogen (secondary N) is 1. The molecule has 0 spiro atoms. The zero-order valence-corrected chi connectivity index (χ0v) is 10.0. The van der Waals surface area contributed by atoms with E-state index in [4.69, 9.17) is 10.2 Å². The van der Waals surface area contributed by atoms with Crippen LogP contribution in [0.1, 0.15) is 17.3 Å². The van der Waals surface area contributed by atoms with Crippen molar-refractivity contribution in [1.29, 1.82) is 0 Å². The standard InChI is InChI=1S/C8H11NO5S2/c1-5(10)3-9-16(13,14)7-2-6(4-15-7)8(11)12/h2,4-5,9-10H,3H2,1H3,(H,11,12)/t5-/m1/s1. The summed E-state index contributed by atoms with van der Waals surface area (Å²) in [6.45, 7) is 1.34. The fourth-order valence-corrected chi connectivity index (χ4v) is 3.19. The Bertz CT molecular complexity index is 476. The third kappa shape index (κ3) is 3.27. The van der Waals surface area contributed by atoms with Crippen LogP contribution < -0.4 is 4.72 Å². The maximum Gasteiger partial charge on any atom is 0.336 e. The molecule has 0 saturated carbocycles. The molecular weight excluding hydrogens is 254 g/mol. The van der Waals surface area contributed by atoms with E-state index in [-0.39, 0.29) is 16.3 Å². The van der Waals surface area contributed by atoms with Crippen molar-refractivity contribution in [2.24, 2.45) is 0 Å². The van der Waals surface area contributed by atoms with Gasteiger partial charge in [-0.25, -0.2) is 17.9 Å². The molecule has 6 nitrogen and oxygen atoms in total. The summed E-state index contributed by atoms with van der Waals surface area (Å²) in [5.41, 5.74) is -0.0672. The van der Waals surface area contributed by atoms with Crippen molar-refractivity contribution in [3.05, 3.63) is 17.0 Å². The van der Waals surface area contributed by atoms with E-state index in [1.807, 2.05) is 0 Å². The molecule has 0 aromatic carbocycles. The molecule has 0 aliphatic carbocycles. The molecule has 0 fully saturated rings. The molecule has 1 rings (SSSR count). The molecule has 1 aromatic heterocycles. The third-order valence-electron chi connectivity index (χ3n) is 1.66. The van der Waals surface area contributed by atoms with Crippen LogP contribution in [0, 0.1) is 0 Å². The van der Waals surface area contributed by atoms with Crippen LogP contribution in [0.25, 0.3) is 0 Å². The largest absolute Gasteiger partial charge is 0.478 e. The topological polar surface area (TPSA) is 104 Å². The molecule has 3 N–H and O–H groups in total. The molecule has 8 heteroatoms. The lowest BCUT2D eigenvalue weighted by Crippen LogP contribution is -2.30. The highest BCUT2D eigenvalue weighted by molar-refractivity contribution is 7.91. The van der Waals surface area contributed by atoms with Gasteiger partial charge in [-0.05, 0) is 13.0 Å². The Balaban J connectivity index is 2.86. The summed E-state index contributed by atoms with van der Waals surface area (Å²) < 4.78 is 25.2. The van der Waals surface area contributed by atoms with Crippen LogP contribution in [-0.2, 0) is 10.0 Å². The van der Waals surface area contributed by atoms with Gasteiger partial charge in [0.15, 0.2) is 0 Å². The molecule has 0 radical (unpaired) electrons. The van der Waals surface area contributed by atoms with Crippen LogP contribution in [0.4, 0.5) is 0 Å². The Morgan fingerprint density at radius 3 is 2.69 bits per heavy atom. The lowest BCUT2D eigenvalue weighted by Gasteiger charge is -2.05. The van der Waals surface area contributed by atoms with Crippen LogP contribution in [-0.4, -0.2) is 37.2 Å². The number of rotatable bonds is 5. The predicted molar refractivity (Wildman–Crippen MR) is 58.1 cm³/mol. The first-order valence-corrected chi connectivity index (χ1v) is 6.69. The minimum absolute atomic E-state index is 0.0672. The van der Waals surface area contributed by atoms with Gasteiger partial charge in [-0.15, -0.1) is 11.3 Å². The predicted octanol–water partition coefficient (Wildman–Crippen LogP) is 0.105. The number of carbonyl (C=O) groups is 1. The van der Waals surface area contributed by atoms with Crippen molar-refractivity contribution in [1.82, 2.24) is 4.72 Å². The lowest BCUT2D eigenvalue weighted by atomic mass is 10.4. The number of carboxylic acid groups (broad SMARTS) is 1. The molecule has 1 aromatic rings. The molecule has 90 valence electrons. The van der Waals surface area contributed by atoms with E-state index in [1.54, 1.807) is 0 Å². The number of hydrogen-bond acceptors (Lipinski definition) is 5. The van der Waals surface area contributed by atoms with Crippen molar-refractivity contribution in [2.45, 2.75) is 17.2 Å². The molecule has 0 aliphatic rings. The quantitative estimate of drug-likeness (QED) is 0.700. The van der Waals surface area contributed by atoms with Crippen LogP contribution >= 0.6 is 11.3 Å². The van der Waals surface area contributed by atoms with Crippen LogP contribution in [0.3, 0.4) is 0 Å². The fourth-order valence-electron chi connectivity index (χ4n) is 0.871. The Hall–Kier alpha value is -0.960. The second-order valence-electron chi connectivity index (χ2n) is 3.16. The number of aliphatic hydroxyl groups is 1. The van der Waals surface area contributed by atoms with Crippen molar-refractivity contribution in [2.75, 3.05) is 6.54 Å². The number of sulfonamides is 1. The van der Waals surface area contributed by atoms with E-state index in [0.29, 0.717) is 0 Å². The third-order valence-corrected chi connectivity index (χ3v) is 4.52. The van der Waals surface area contributed by atoms with E-state index in [0.717, 1.165) is 17.4 Å². The van der Waals surface area contributed by atoms with Gasteiger partial charge in [0, 0.05) is 11.9 Å². The first-order valence-electron chi connectivity index (χ1n) is 4.32. The first-order chi connectivity index (χ1) is 7.33. The molecule has 0 amide bonds. The van der Waals surface area contributed by atoms with E-state index >= 15 is 0 Å². The first kappa shape index (κ1) is 13.1. The van der Waals surface area contributed by atoms with E-state index in [2.05, 4.69) is 4.72 Å². The summed E-state index contributed by atoms with van der Waals surface area (Å²) in [5, 5.41) is 18.8. The summed E-state index contributed by atoms with van der Waals surface area (Å²) in [6.07, 6.45) is -0.798. The minimum Gasteiger partial charge on any atom is -0.478 e. The molecule has 1 atom stereocenters. The van der Waals surface area contributed by atoms with Gasteiger partial charge in [0.2, 0.25) is 10.0 Å². The van der Waals surface area contributed by atoms with Gasteiger partial charge in [-0.2, -0.15) is 0 Å². The molecule has 16 heavy (non-hydrogen) atoms. The smallest absolute Gasteiger partial charge is 0.336 e. The van der Waals surface area contributed by atoms with Gasteiger partial charge in [-0.1, -0.05) is 0 Å². The second kappa shape index (κ2) is 4.91. The number of carboxylic acids is 1. The van der Waals surface area contributed by atoms with Crippen molar-refractivity contribution in [3.63, 3.8) is 0 Å². The molecule has 0 unspecified atom stereocenters. The number of thiophene rings is 1. The molecule has 0 saturated heterocycles. The molecule has 1 heterocycles. The Morgan fingerprint density at radius 2 is 2.25 bits per heavy atom. The zero-order chi connectivity index (χ0) is 12.3. The lowest BCUT2D eigenvalue weighted by molar-refractivity contribution is 0.0697. The summed E-state index contributed by atoms with van der Waals surface area (Å²) in [5.74, 6) is -1.17. The maximum atomic E-state index is 11.6. The van der Waals surface area contributed by atoms with Crippen molar-refractivity contribution >= 4 is 27.3 Å². The van der Waals surface area contributed by atoms with Gasteiger partial charge in [0.1, 0.15) is 4.21 Å². The fraction of sp³-hybridized carbons (Fsp3) is 0.375. The van der Waals surface area contributed by atoms with E-state index in [9.17, 15) is 13.2 Å². The van der Waals surface area contributed by atoms with Gasteiger partial charge >= 0.3 is 5.97 Å². The molecule has 0 aliphatic heterocycles. The summed E-state index contributed by atoms with van der Waals surface area (Å²) in [7, 11) is -3.72. The van der Waals surface area contributed by atoms with Crippen LogP contribution in [0.5, 0.6) is 0 Å². The molecular formula is C8H11NO5S2. The second-order valence-corrected chi connectivity index (χ2v) is 6.07. The van der Waals surface area contributed by atoms with E-state index in [1.165, 1.54) is 12.3 Å². The van der Waals surface area contributed by atoms with Crippen LogP contribution in [0.2, 0.25) is 0 Å². The highest BCUT2D eigenvalue weighted by Crippen LogP contribution is 2.19. The van der Waals surface area contributed by atoms with E-state index < -0.39 is 22.1 Å². The Labute approximate surface area is 96.6 Å². The van der Waals surface area contributed by atoms with Gasteiger partial charge in [-0.3, -0.25) is 0 Å². The van der Waals surface area contributed by atoms with Gasteiger partial charge in [0.25, 0.3) is 0 Å². The summed E-state index contributed by atoms with van der Waals surface area (Å²) in [4.78, 5) is 10.6. The number of hydrogen-bond donors (Lipinski definition) is 3. The average molecular weight is 265 g/mol. The highest BCUT2D eigenvalue weighted by atomic mass is 32.2. The SMILES string of the molecule is C[C@@H](O)CNS(=O)(=O)c1cc(C(=O)O)cs1. The number of aliphatic hydroxyl groups excluding tert-OH is 1. The Kier molecular flexibility index (Phi) is 4.03. The summed E-state index contributed by atoms with van der Waals surface area (Å²) >= 11 is 0.824. The highest BCUT2D eigenvalue weighted by Gasteiger charge is 2.18. The van der Waals surface area contributed by atoms with Crippen molar-refractivity contribution < 1.29 is 23.4 Å². The van der Waals surface area contributed by atoms with Crippen LogP contribution in [0.15, 0.2) is 15.7 Å². The molecule has 0 bridgehead atoms. The Morgan fingerprint density at radius 1 is 1.62 bits per heavy atom. The minimum atomic E-state index is -3.72. The van der Waals surface area contributed by atoms with Gasteiger partial charge < -0.3 is 10.2 Å². The monoisotopic (exact) mass is 265 g/mol. The normalized spacial score (nSPS) is 13.6. The van der Waals surface area contributed by atoms with Gasteiger partial charge in [0.05, 0.1) is 11.7 Å². The number of aromatic carboxylic acids is 1. The average Bonchev–Trinajstić information content (AvgIpc) is 2.64. The maximum absolute atomic E-state index is 11.6.